The summed E-state index contributed by atoms with van der Waals surface area (Å²) in [6.07, 6.45) is 4.83. The van der Waals surface area contributed by atoms with E-state index in [0.717, 1.165) is 36.3 Å². The van der Waals surface area contributed by atoms with Crippen LogP contribution in [0.3, 0.4) is 0 Å². The average Bonchev–Trinajstić information content (AvgIpc) is 3.59. The molecule has 2 fully saturated rings. The predicted molar refractivity (Wildman–Crippen MR) is 131 cm³/mol. The summed E-state index contributed by atoms with van der Waals surface area (Å²) in [4.78, 5) is 25.2. The van der Waals surface area contributed by atoms with Crippen LogP contribution in [-0.2, 0) is 21.0 Å². The molecule has 0 radical (unpaired) electrons. The molecule has 188 valence electrons. The van der Waals surface area contributed by atoms with Crippen molar-refractivity contribution < 1.29 is 22.7 Å². The fraction of sp³-hybridized carbons (Fsp3) is 0.560. The number of amides is 1. The van der Waals surface area contributed by atoms with Crippen LogP contribution in [0.15, 0.2) is 35.5 Å². The number of fused-ring (bicyclic) bond motifs is 1. The fourth-order valence-electron chi connectivity index (χ4n) is 4.56. The Morgan fingerprint density at radius 2 is 1.77 bits per heavy atom. The number of hydrogen-bond acceptors (Lipinski definition) is 8. The highest BCUT2D eigenvalue weighted by Gasteiger charge is 2.37. The molecule has 0 unspecified atom stereocenters. The van der Waals surface area contributed by atoms with E-state index in [1.807, 2.05) is 39.0 Å². The van der Waals surface area contributed by atoms with Crippen LogP contribution in [-0.4, -0.2) is 66.0 Å². The lowest BCUT2D eigenvalue weighted by atomic mass is 10.1. The molecular formula is C25H32N4O5S. The molecule has 0 N–H and O–H groups in total. The number of carbonyl (C=O) groups is 1. The highest BCUT2D eigenvalue weighted by Crippen LogP contribution is 2.39. The summed E-state index contributed by atoms with van der Waals surface area (Å²) < 4.78 is 36.8. The van der Waals surface area contributed by atoms with Gasteiger partial charge in [0.15, 0.2) is 9.84 Å². The van der Waals surface area contributed by atoms with Gasteiger partial charge in [0, 0.05) is 44.2 Å². The maximum Gasteiger partial charge on any atom is 0.410 e. The molecule has 5 rings (SSSR count). The van der Waals surface area contributed by atoms with E-state index in [1.54, 1.807) is 11.0 Å². The van der Waals surface area contributed by atoms with E-state index < -0.39 is 15.4 Å². The molecule has 9 nitrogen and oxygen atoms in total. The second-order valence-corrected chi connectivity index (χ2v) is 12.7. The van der Waals surface area contributed by atoms with Crippen molar-refractivity contribution in [2.24, 2.45) is 0 Å². The van der Waals surface area contributed by atoms with Crippen molar-refractivity contribution in [1.82, 2.24) is 14.9 Å². The zero-order valence-electron chi connectivity index (χ0n) is 20.4. The summed E-state index contributed by atoms with van der Waals surface area (Å²) >= 11 is 0. The van der Waals surface area contributed by atoms with Crippen molar-refractivity contribution in [2.75, 3.05) is 24.5 Å². The van der Waals surface area contributed by atoms with Gasteiger partial charge in [0.1, 0.15) is 23.9 Å². The van der Waals surface area contributed by atoms with Gasteiger partial charge in [0.05, 0.1) is 10.1 Å². The van der Waals surface area contributed by atoms with Gasteiger partial charge in [0.2, 0.25) is 5.88 Å². The minimum Gasteiger partial charge on any atom is -0.474 e. The van der Waals surface area contributed by atoms with Crippen LogP contribution >= 0.6 is 0 Å². The van der Waals surface area contributed by atoms with E-state index in [4.69, 9.17) is 9.47 Å². The molecular weight excluding hydrogens is 468 g/mol. The normalized spacial score (nSPS) is 18.9. The number of ether oxygens (including phenoxy) is 2. The van der Waals surface area contributed by atoms with Crippen molar-refractivity contribution in [3.63, 3.8) is 0 Å². The molecule has 0 bridgehead atoms. The van der Waals surface area contributed by atoms with Crippen LogP contribution in [0.25, 0.3) is 0 Å². The van der Waals surface area contributed by atoms with Gasteiger partial charge < -0.3 is 19.3 Å². The molecule has 1 aromatic heterocycles. The van der Waals surface area contributed by atoms with E-state index in [1.165, 1.54) is 6.33 Å². The highest BCUT2D eigenvalue weighted by molar-refractivity contribution is 7.92. The molecule has 1 saturated carbocycles. The van der Waals surface area contributed by atoms with E-state index in [0.29, 0.717) is 43.3 Å². The van der Waals surface area contributed by atoms with E-state index >= 15 is 0 Å². The standard InChI is InChI=1S/C25H32N4O5S/c1-25(2,3)34-24(30)28-11-9-18(10-12-28)33-23-15-22(26-16-27-23)29-13-8-17-14-20(6-7-21(17)29)35(31,32)19-4-5-19/h6-7,14-16,18-19H,4-5,8-13H2,1-3H3. The van der Waals surface area contributed by atoms with E-state index in [9.17, 15) is 13.2 Å². The second-order valence-electron chi connectivity index (χ2n) is 10.4. The molecule has 1 amide bonds. The lowest BCUT2D eigenvalue weighted by Crippen LogP contribution is -2.44. The maximum absolute atomic E-state index is 12.6. The molecule has 3 heterocycles. The maximum atomic E-state index is 12.6. The molecule has 1 aliphatic carbocycles. The van der Waals surface area contributed by atoms with Gasteiger partial charge in [-0.15, -0.1) is 0 Å². The van der Waals surface area contributed by atoms with Crippen molar-refractivity contribution in [2.45, 2.75) is 74.7 Å². The Morgan fingerprint density at radius 1 is 1.03 bits per heavy atom. The number of benzene rings is 1. The Kier molecular flexibility index (Phi) is 6.11. The molecule has 35 heavy (non-hydrogen) atoms. The van der Waals surface area contributed by atoms with E-state index in [2.05, 4.69) is 14.9 Å². The van der Waals surface area contributed by atoms with Gasteiger partial charge in [-0.05, 0) is 63.8 Å². The molecule has 3 aliphatic rings. The highest BCUT2D eigenvalue weighted by atomic mass is 32.2. The average molecular weight is 501 g/mol. The van der Waals surface area contributed by atoms with Crippen molar-refractivity contribution >= 4 is 27.4 Å². The summed E-state index contributed by atoms with van der Waals surface area (Å²) in [5.41, 5.74) is 1.47. The van der Waals surface area contributed by atoms with Gasteiger partial charge in [-0.2, -0.15) is 0 Å². The van der Waals surface area contributed by atoms with Crippen LogP contribution in [0.5, 0.6) is 5.88 Å². The van der Waals surface area contributed by atoms with Crippen LogP contribution in [0.1, 0.15) is 52.0 Å². The SMILES string of the molecule is CC(C)(C)OC(=O)N1CCC(Oc2cc(N3CCc4cc(S(=O)(=O)C5CC5)ccc43)ncn2)CC1. The van der Waals surface area contributed by atoms with Crippen molar-refractivity contribution in [3.05, 3.63) is 36.2 Å². The zero-order valence-corrected chi connectivity index (χ0v) is 21.3. The van der Waals surface area contributed by atoms with Crippen LogP contribution in [0.2, 0.25) is 0 Å². The first kappa shape index (κ1) is 23.8. The number of nitrogens with zero attached hydrogens (tertiary/aromatic N) is 4. The van der Waals surface area contributed by atoms with Crippen LogP contribution < -0.4 is 9.64 Å². The molecule has 1 aromatic carbocycles. The lowest BCUT2D eigenvalue weighted by molar-refractivity contribution is 0.0123. The fourth-order valence-corrected chi connectivity index (χ4v) is 6.27. The van der Waals surface area contributed by atoms with Gasteiger partial charge in [0.25, 0.3) is 0 Å². The summed E-state index contributed by atoms with van der Waals surface area (Å²) in [6.45, 7) is 7.45. The molecule has 2 aliphatic heterocycles. The first-order chi connectivity index (χ1) is 16.6. The van der Waals surface area contributed by atoms with Gasteiger partial charge >= 0.3 is 6.09 Å². The Hall–Kier alpha value is -2.88. The Bertz CT molecular complexity index is 1210. The van der Waals surface area contributed by atoms with Crippen molar-refractivity contribution in [1.29, 1.82) is 0 Å². The molecule has 1 saturated heterocycles. The predicted octanol–water partition coefficient (Wildman–Crippen LogP) is 3.89. The number of rotatable bonds is 5. The number of aromatic nitrogens is 2. The number of hydrogen-bond donors (Lipinski definition) is 0. The second kappa shape index (κ2) is 8.96. The summed E-state index contributed by atoms with van der Waals surface area (Å²) in [7, 11) is -3.21. The lowest BCUT2D eigenvalue weighted by Gasteiger charge is -2.33. The smallest absolute Gasteiger partial charge is 0.410 e. The number of anilines is 2. The minimum absolute atomic E-state index is 0.0440. The Labute approximate surface area is 206 Å². The summed E-state index contributed by atoms with van der Waals surface area (Å²) in [6, 6.07) is 7.23. The Balaban J connectivity index is 1.23. The van der Waals surface area contributed by atoms with Crippen LogP contribution in [0, 0.1) is 0 Å². The first-order valence-corrected chi connectivity index (χ1v) is 13.8. The largest absolute Gasteiger partial charge is 0.474 e. The molecule has 2 aromatic rings. The van der Waals surface area contributed by atoms with Gasteiger partial charge in [-0.1, -0.05) is 0 Å². The minimum atomic E-state index is -3.21. The van der Waals surface area contributed by atoms with Crippen LogP contribution in [0.4, 0.5) is 16.3 Å². The third kappa shape index (κ3) is 5.22. The van der Waals surface area contributed by atoms with Crippen molar-refractivity contribution in [3.8, 4) is 5.88 Å². The number of piperidine rings is 1. The third-order valence-electron chi connectivity index (χ3n) is 6.52. The molecule has 0 spiro atoms. The van der Waals surface area contributed by atoms with Gasteiger partial charge in [-0.3, -0.25) is 0 Å². The third-order valence-corrected chi connectivity index (χ3v) is 8.78. The van der Waals surface area contributed by atoms with E-state index in [-0.39, 0.29) is 17.4 Å². The quantitative estimate of drug-likeness (QED) is 0.609. The first-order valence-electron chi connectivity index (χ1n) is 12.2. The zero-order chi connectivity index (χ0) is 24.8. The topological polar surface area (TPSA) is 102 Å². The number of sulfone groups is 1. The molecule has 0 atom stereocenters. The summed E-state index contributed by atoms with van der Waals surface area (Å²) in [5, 5.41) is -0.212. The number of likely N-dealkylation sites (tertiary alicyclic amines) is 1. The number of carbonyl (C=O) groups excluding carboxylic acids is 1. The summed E-state index contributed by atoms with van der Waals surface area (Å²) in [5.74, 6) is 1.21. The monoisotopic (exact) mass is 500 g/mol. The molecule has 10 heteroatoms. The Morgan fingerprint density at radius 3 is 2.46 bits per heavy atom. The van der Waals surface area contributed by atoms with Gasteiger partial charge in [-0.25, -0.2) is 23.2 Å².